The van der Waals surface area contributed by atoms with Gasteiger partial charge in [-0.1, -0.05) is 0 Å². The molecular formula is C9H14F3N3. The van der Waals surface area contributed by atoms with E-state index in [0.717, 1.165) is 19.5 Å². The van der Waals surface area contributed by atoms with E-state index in [4.69, 9.17) is 5.26 Å². The number of halogens is 3. The van der Waals surface area contributed by atoms with E-state index in [1.165, 1.54) is 6.07 Å². The normalized spacial score (nSPS) is 25.1. The number of likely N-dealkylation sites (tertiary alicyclic amines) is 1. The van der Waals surface area contributed by atoms with Crippen molar-refractivity contribution in [2.75, 3.05) is 26.7 Å². The maximum absolute atomic E-state index is 12.2. The molecule has 0 spiro atoms. The molecule has 0 amide bonds. The minimum Gasteiger partial charge on any atom is -0.311 e. The molecule has 1 rings (SSSR count). The Bertz CT molecular complexity index is 246. The fourth-order valence-corrected chi connectivity index (χ4v) is 1.62. The molecule has 0 aromatic carbocycles. The third kappa shape index (κ3) is 3.68. The van der Waals surface area contributed by atoms with Crippen LogP contribution in [0.3, 0.4) is 0 Å². The van der Waals surface area contributed by atoms with Gasteiger partial charge in [0.25, 0.3) is 0 Å². The van der Waals surface area contributed by atoms with Gasteiger partial charge in [-0.15, -0.1) is 0 Å². The van der Waals surface area contributed by atoms with Gasteiger partial charge in [0, 0.05) is 19.1 Å². The molecule has 0 aromatic heterocycles. The van der Waals surface area contributed by atoms with E-state index >= 15 is 0 Å². The highest BCUT2D eigenvalue weighted by molar-refractivity contribution is 4.91. The van der Waals surface area contributed by atoms with Gasteiger partial charge < -0.3 is 10.2 Å². The summed E-state index contributed by atoms with van der Waals surface area (Å²) in [6.07, 6.45) is -3.58. The van der Waals surface area contributed by atoms with Gasteiger partial charge in [0.15, 0.2) is 5.92 Å². The zero-order valence-corrected chi connectivity index (χ0v) is 8.51. The zero-order valence-electron chi connectivity index (χ0n) is 8.51. The van der Waals surface area contributed by atoms with Crippen LogP contribution in [0.25, 0.3) is 0 Å². The van der Waals surface area contributed by atoms with Crippen molar-refractivity contribution in [3.8, 4) is 6.07 Å². The summed E-state index contributed by atoms with van der Waals surface area (Å²) in [5.41, 5.74) is 0. The van der Waals surface area contributed by atoms with Crippen LogP contribution in [-0.4, -0.2) is 43.8 Å². The summed E-state index contributed by atoms with van der Waals surface area (Å²) in [6.45, 7) is 1.33. The summed E-state index contributed by atoms with van der Waals surface area (Å²) in [6, 6.07) is 1.35. The Hall–Kier alpha value is -0.800. The van der Waals surface area contributed by atoms with Crippen molar-refractivity contribution in [3.05, 3.63) is 0 Å². The van der Waals surface area contributed by atoms with Crippen LogP contribution >= 0.6 is 0 Å². The number of likely N-dealkylation sites (N-methyl/N-ethyl adjacent to an activating group) is 1. The lowest BCUT2D eigenvalue weighted by molar-refractivity contribution is -0.157. The average molecular weight is 221 g/mol. The highest BCUT2D eigenvalue weighted by atomic mass is 19.4. The number of nitriles is 1. The lowest BCUT2D eigenvalue weighted by Gasteiger charge is -2.17. The summed E-state index contributed by atoms with van der Waals surface area (Å²) in [4.78, 5) is 2.05. The van der Waals surface area contributed by atoms with Crippen molar-refractivity contribution in [2.45, 2.75) is 18.6 Å². The standard InChI is InChI=1S/C9H14F3N3/c1-15-3-2-8(6-15)14-5-7(4-13)9(10,11)12/h7-8,14H,2-3,5-6H2,1H3. The van der Waals surface area contributed by atoms with Crippen LogP contribution in [0.15, 0.2) is 0 Å². The highest BCUT2D eigenvalue weighted by Gasteiger charge is 2.40. The van der Waals surface area contributed by atoms with Gasteiger partial charge >= 0.3 is 6.18 Å². The molecule has 86 valence electrons. The van der Waals surface area contributed by atoms with Crippen LogP contribution < -0.4 is 5.32 Å². The zero-order chi connectivity index (χ0) is 11.5. The topological polar surface area (TPSA) is 39.1 Å². The Labute approximate surface area is 86.9 Å². The van der Waals surface area contributed by atoms with Crippen molar-refractivity contribution in [1.29, 1.82) is 5.26 Å². The highest BCUT2D eigenvalue weighted by Crippen LogP contribution is 2.25. The van der Waals surface area contributed by atoms with Crippen LogP contribution in [0.1, 0.15) is 6.42 Å². The monoisotopic (exact) mass is 221 g/mol. The molecule has 1 aliphatic heterocycles. The molecule has 15 heavy (non-hydrogen) atoms. The molecular weight excluding hydrogens is 207 g/mol. The third-order valence-corrected chi connectivity index (χ3v) is 2.55. The van der Waals surface area contributed by atoms with Crippen molar-refractivity contribution >= 4 is 0 Å². The Morgan fingerprint density at radius 2 is 2.27 bits per heavy atom. The molecule has 6 heteroatoms. The first-order valence-corrected chi connectivity index (χ1v) is 4.81. The predicted octanol–water partition coefficient (Wildman–Crippen LogP) is 0.982. The Balaban J connectivity index is 2.33. The second kappa shape index (κ2) is 4.81. The van der Waals surface area contributed by atoms with Crippen LogP contribution in [0, 0.1) is 17.2 Å². The van der Waals surface area contributed by atoms with Crippen molar-refractivity contribution < 1.29 is 13.2 Å². The fraction of sp³-hybridized carbons (Fsp3) is 0.889. The molecule has 1 aliphatic rings. The van der Waals surface area contributed by atoms with E-state index in [9.17, 15) is 13.2 Å². The molecule has 0 aliphatic carbocycles. The number of alkyl halides is 3. The first-order chi connectivity index (χ1) is 6.93. The number of hydrogen-bond acceptors (Lipinski definition) is 3. The summed E-state index contributed by atoms with van der Waals surface area (Å²) in [5, 5.41) is 11.2. The van der Waals surface area contributed by atoms with Crippen molar-refractivity contribution in [3.63, 3.8) is 0 Å². The number of nitrogens with one attached hydrogen (secondary N) is 1. The second-order valence-corrected chi connectivity index (χ2v) is 3.88. The SMILES string of the molecule is CN1CCC(NCC(C#N)C(F)(F)F)C1. The maximum atomic E-state index is 12.2. The minimum absolute atomic E-state index is 0.0770. The smallest absolute Gasteiger partial charge is 0.311 e. The lowest BCUT2D eigenvalue weighted by Crippen LogP contribution is -2.39. The van der Waals surface area contributed by atoms with E-state index in [-0.39, 0.29) is 12.6 Å². The number of hydrogen-bond donors (Lipinski definition) is 1. The lowest BCUT2D eigenvalue weighted by atomic mass is 10.1. The summed E-state index contributed by atoms with van der Waals surface area (Å²) < 4.78 is 36.6. The Kier molecular flexibility index (Phi) is 3.94. The first-order valence-electron chi connectivity index (χ1n) is 4.81. The molecule has 0 saturated carbocycles. The largest absolute Gasteiger partial charge is 0.405 e. The molecule has 1 heterocycles. The third-order valence-electron chi connectivity index (χ3n) is 2.55. The second-order valence-electron chi connectivity index (χ2n) is 3.88. The van der Waals surface area contributed by atoms with E-state index in [0.29, 0.717) is 0 Å². The molecule has 0 aromatic rings. The maximum Gasteiger partial charge on any atom is 0.405 e. The molecule has 3 nitrogen and oxygen atoms in total. The summed E-state index contributed by atoms with van der Waals surface area (Å²) >= 11 is 0. The van der Waals surface area contributed by atoms with E-state index in [1.54, 1.807) is 0 Å². The summed E-state index contributed by atoms with van der Waals surface area (Å²) in [7, 11) is 1.92. The quantitative estimate of drug-likeness (QED) is 0.772. The van der Waals surface area contributed by atoms with E-state index < -0.39 is 12.1 Å². The first kappa shape index (κ1) is 12.3. The molecule has 2 atom stereocenters. The van der Waals surface area contributed by atoms with Gasteiger partial charge in [0.2, 0.25) is 0 Å². The molecule has 0 bridgehead atoms. The molecule has 1 N–H and O–H groups in total. The van der Waals surface area contributed by atoms with Crippen LogP contribution in [-0.2, 0) is 0 Å². The number of rotatable bonds is 3. The Morgan fingerprint density at radius 1 is 1.60 bits per heavy atom. The predicted molar refractivity (Wildman–Crippen MR) is 49.1 cm³/mol. The van der Waals surface area contributed by atoms with Gasteiger partial charge in [-0.25, -0.2) is 0 Å². The minimum atomic E-state index is -4.42. The number of nitrogens with zero attached hydrogens (tertiary/aromatic N) is 2. The van der Waals surface area contributed by atoms with Crippen LogP contribution in [0.5, 0.6) is 0 Å². The van der Waals surface area contributed by atoms with E-state index in [2.05, 4.69) is 5.32 Å². The molecule has 0 radical (unpaired) electrons. The molecule has 1 saturated heterocycles. The van der Waals surface area contributed by atoms with Gasteiger partial charge in [-0.2, -0.15) is 18.4 Å². The fourth-order valence-electron chi connectivity index (χ4n) is 1.62. The molecule has 1 fully saturated rings. The van der Waals surface area contributed by atoms with Gasteiger partial charge in [0.05, 0.1) is 6.07 Å². The molecule has 2 unspecified atom stereocenters. The van der Waals surface area contributed by atoms with Gasteiger partial charge in [0.1, 0.15) is 0 Å². The van der Waals surface area contributed by atoms with Gasteiger partial charge in [-0.3, -0.25) is 0 Å². The Morgan fingerprint density at radius 3 is 2.67 bits per heavy atom. The van der Waals surface area contributed by atoms with Gasteiger partial charge in [-0.05, 0) is 20.0 Å². The van der Waals surface area contributed by atoms with Crippen LogP contribution in [0.4, 0.5) is 13.2 Å². The van der Waals surface area contributed by atoms with E-state index in [1.807, 2.05) is 11.9 Å². The van der Waals surface area contributed by atoms with Crippen molar-refractivity contribution in [1.82, 2.24) is 10.2 Å². The summed E-state index contributed by atoms with van der Waals surface area (Å²) in [5.74, 6) is -1.90. The van der Waals surface area contributed by atoms with Crippen LogP contribution in [0.2, 0.25) is 0 Å². The average Bonchev–Trinajstić information content (AvgIpc) is 2.50. The van der Waals surface area contributed by atoms with Crippen molar-refractivity contribution in [2.24, 2.45) is 5.92 Å².